The number of nitrogens with one attached hydrogen (secondary N) is 2. The minimum absolute atomic E-state index is 0.0956. The summed E-state index contributed by atoms with van der Waals surface area (Å²) in [5.41, 5.74) is 4.47. The first-order valence-electron chi connectivity index (χ1n) is 8.36. The summed E-state index contributed by atoms with van der Waals surface area (Å²) in [5.74, 6) is -0.249. The van der Waals surface area contributed by atoms with E-state index in [1.807, 2.05) is 19.1 Å². The smallest absolute Gasteiger partial charge is 0.253 e. The lowest BCUT2D eigenvalue weighted by Crippen LogP contribution is -2.24. The molecule has 0 bridgehead atoms. The number of anilines is 2. The van der Waals surface area contributed by atoms with Gasteiger partial charge in [-0.25, -0.2) is 0 Å². The Labute approximate surface area is 149 Å². The molecule has 0 unspecified atom stereocenters. The second-order valence-electron chi connectivity index (χ2n) is 6.14. The van der Waals surface area contributed by atoms with Gasteiger partial charge in [0.1, 0.15) is 0 Å². The first-order valence-corrected chi connectivity index (χ1v) is 8.36. The highest BCUT2D eigenvalue weighted by molar-refractivity contribution is 5.98. The largest absolute Gasteiger partial charge is 0.376 e. The number of rotatable bonds is 6. The summed E-state index contributed by atoms with van der Waals surface area (Å²) in [4.78, 5) is 25.8. The minimum atomic E-state index is -0.153. The number of amides is 2. The van der Waals surface area contributed by atoms with Gasteiger partial charge < -0.3 is 15.5 Å². The molecule has 0 fully saturated rings. The van der Waals surface area contributed by atoms with Crippen molar-refractivity contribution in [2.45, 2.75) is 20.3 Å². The van der Waals surface area contributed by atoms with E-state index in [-0.39, 0.29) is 18.4 Å². The van der Waals surface area contributed by atoms with E-state index in [4.69, 9.17) is 0 Å². The molecule has 0 heterocycles. The Morgan fingerprint density at radius 3 is 2.48 bits per heavy atom. The predicted octanol–water partition coefficient (Wildman–Crippen LogP) is 3.31. The Bertz CT molecular complexity index is 769. The number of aryl methyl sites for hydroxylation is 2. The summed E-state index contributed by atoms with van der Waals surface area (Å²) < 4.78 is 0. The first kappa shape index (κ1) is 18.5. The summed E-state index contributed by atoms with van der Waals surface area (Å²) in [6, 6.07) is 13.1. The molecule has 25 heavy (non-hydrogen) atoms. The summed E-state index contributed by atoms with van der Waals surface area (Å²) in [6.45, 7) is 4.28. The molecule has 0 spiro atoms. The van der Waals surface area contributed by atoms with Gasteiger partial charge >= 0.3 is 0 Å². The molecule has 132 valence electrons. The molecule has 0 aliphatic heterocycles. The predicted molar refractivity (Wildman–Crippen MR) is 102 cm³/mol. The summed E-state index contributed by atoms with van der Waals surface area (Å²) >= 11 is 0. The Morgan fingerprint density at radius 1 is 1.08 bits per heavy atom. The van der Waals surface area contributed by atoms with Crippen LogP contribution < -0.4 is 10.6 Å². The zero-order valence-electron chi connectivity index (χ0n) is 15.2. The molecule has 5 nitrogen and oxygen atoms in total. The van der Waals surface area contributed by atoms with Crippen molar-refractivity contribution in [1.29, 1.82) is 0 Å². The van der Waals surface area contributed by atoms with Gasteiger partial charge in [-0.3, -0.25) is 9.59 Å². The lowest BCUT2D eigenvalue weighted by Gasteiger charge is -2.14. The van der Waals surface area contributed by atoms with Gasteiger partial charge in [0, 0.05) is 31.0 Å². The number of carbonyl (C=O) groups is 2. The Morgan fingerprint density at radius 2 is 1.80 bits per heavy atom. The average molecular weight is 339 g/mol. The van der Waals surface area contributed by atoms with Gasteiger partial charge in [-0.2, -0.15) is 0 Å². The van der Waals surface area contributed by atoms with Crippen LogP contribution in [0.25, 0.3) is 0 Å². The Hall–Kier alpha value is -2.82. The highest BCUT2D eigenvalue weighted by Crippen LogP contribution is 2.20. The maximum Gasteiger partial charge on any atom is 0.253 e. The zero-order chi connectivity index (χ0) is 18.4. The number of hydrogen-bond donors (Lipinski definition) is 2. The van der Waals surface area contributed by atoms with Crippen LogP contribution in [0, 0.1) is 6.92 Å². The van der Waals surface area contributed by atoms with Gasteiger partial charge in [0.2, 0.25) is 5.91 Å². The number of hydrogen-bond acceptors (Lipinski definition) is 3. The van der Waals surface area contributed by atoms with Gasteiger partial charge in [-0.05, 0) is 42.7 Å². The van der Waals surface area contributed by atoms with Crippen LogP contribution >= 0.6 is 0 Å². The molecule has 0 atom stereocenters. The normalized spacial score (nSPS) is 10.2. The molecule has 0 radical (unpaired) electrons. The highest BCUT2D eigenvalue weighted by atomic mass is 16.2. The molecule has 2 amide bonds. The van der Waals surface area contributed by atoms with Crippen molar-refractivity contribution >= 4 is 23.2 Å². The zero-order valence-corrected chi connectivity index (χ0v) is 15.2. The fourth-order valence-corrected chi connectivity index (χ4v) is 2.64. The van der Waals surface area contributed by atoms with E-state index < -0.39 is 0 Å². The quantitative estimate of drug-likeness (QED) is 0.849. The Balaban J connectivity index is 2.02. The molecule has 0 aromatic heterocycles. The molecule has 5 heteroatoms. The molecular formula is C20H25N3O2. The molecule has 0 aliphatic rings. The molecule has 2 aromatic rings. The van der Waals surface area contributed by atoms with Crippen LogP contribution in [0.1, 0.15) is 28.4 Å². The third-order valence-electron chi connectivity index (χ3n) is 3.97. The molecule has 2 N–H and O–H groups in total. The van der Waals surface area contributed by atoms with E-state index in [9.17, 15) is 9.59 Å². The molecule has 2 aromatic carbocycles. The van der Waals surface area contributed by atoms with Crippen molar-refractivity contribution in [2.24, 2.45) is 0 Å². The van der Waals surface area contributed by atoms with Crippen molar-refractivity contribution in [2.75, 3.05) is 31.3 Å². The summed E-state index contributed by atoms with van der Waals surface area (Å²) in [7, 11) is 3.40. The van der Waals surface area contributed by atoms with E-state index in [1.165, 1.54) is 10.5 Å². The maximum atomic E-state index is 12.2. The van der Waals surface area contributed by atoms with Crippen LogP contribution in [-0.2, 0) is 11.2 Å². The van der Waals surface area contributed by atoms with Crippen LogP contribution in [0.3, 0.4) is 0 Å². The second-order valence-corrected chi connectivity index (χ2v) is 6.14. The molecule has 0 aliphatic carbocycles. The fourth-order valence-electron chi connectivity index (χ4n) is 2.64. The maximum absolute atomic E-state index is 12.2. The van der Waals surface area contributed by atoms with Gasteiger partial charge in [0.25, 0.3) is 5.91 Å². The van der Waals surface area contributed by atoms with Crippen LogP contribution in [0.4, 0.5) is 11.4 Å². The lowest BCUT2D eigenvalue weighted by molar-refractivity contribution is -0.114. The molecule has 0 saturated carbocycles. The molecular weight excluding hydrogens is 314 g/mol. The fraction of sp³-hybridized carbons (Fsp3) is 0.300. The van der Waals surface area contributed by atoms with Crippen LogP contribution in [0.2, 0.25) is 0 Å². The Kier molecular flexibility index (Phi) is 6.17. The van der Waals surface area contributed by atoms with Crippen molar-refractivity contribution < 1.29 is 9.59 Å². The van der Waals surface area contributed by atoms with Crippen LogP contribution in [-0.4, -0.2) is 37.4 Å². The van der Waals surface area contributed by atoms with E-state index in [2.05, 4.69) is 23.6 Å². The SMILES string of the molecule is CCc1cccc(C)c1NCC(=O)Nc1cccc(C(=O)N(C)C)c1. The number of para-hydroxylation sites is 1. The third kappa shape index (κ3) is 4.83. The average Bonchev–Trinajstić information content (AvgIpc) is 2.59. The number of benzene rings is 2. The topological polar surface area (TPSA) is 61.4 Å². The van der Waals surface area contributed by atoms with E-state index >= 15 is 0 Å². The monoisotopic (exact) mass is 339 g/mol. The van der Waals surface area contributed by atoms with Crippen LogP contribution in [0.15, 0.2) is 42.5 Å². The van der Waals surface area contributed by atoms with Crippen molar-refractivity contribution in [3.8, 4) is 0 Å². The van der Waals surface area contributed by atoms with Crippen LogP contribution in [0.5, 0.6) is 0 Å². The van der Waals surface area contributed by atoms with E-state index in [1.54, 1.807) is 38.4 Å². The minimum Gasteiger partial charge on any atom is -0.376 e. The summed E-state index contributed by atoms with van der Waals surface area (Å²) in [5, 5.41) is 6.05. The first-order chi connectivity index (χ1) is 11.9. The van der Waals surface area contributed by atoms with E-state index in [0.29, 0.717) is 11.3 Å². The van der Waals surface area contributed by atoms with Crippen molar-refractivity contribution in [3.63, 3.8) is 0 Å². The molecule has 2 rings (SSSR count). The van der Waals surface area contributed by atoms with Gasteiger partial charge in [-0.15, -0.1) is 0 Å². The summed E-state index contributed by atoms with van der Waals surface area (Å²) in [6.07, 6.45) is 0.903. The van der Waals surface area contributed by atoms with Gasteiger partial charge in [0.05, 0.1) is 6.54 Å². The number of nitrogens with zero attached hydrogens (tertiary/aromatic N) is 1. The van der Waals surface area contributed by atoms with E-state index in [0.717, 1.165) is 17.7 Å². The highest BCUT2D eigenvalue weighted by Gasteiger charge is 2.10. The third-order valence-corrected chi connectivity index (χ3v) is 3.97. The standard InChI is InChI=1S/C20H25N3O2/c1-5-15-9-6-8-14(2)19(15)21-13-18(24)22-17-11-7-10-16(12-17)20(25)23(3)4/h6-12,21H,5,13H2,1-4H3,(H,22,24). The lowest BCUT2D eigenvalue weighted by atomic mass is 10.1. The van der Waals surface area contributed by atoms with Gasteiger partial charge in [0.15, 0.2) is 0 Å². The second kappa shape index (κ2) is 8.33. The van der Waals surface area contributed by atoms with Gasteiger partial charge in [-0.1, -0.05) is 31.2 Å². The van der Waals surface area contributed by atoms with Crippen molar-refractivity contribution in [1.82, 2.24) is 4.90 Å². The molecule has 0 saturated heterocycles. The van der Waals surface area contributed by atoms with Crippen molar-refractivity contribution in [3.05, 3.63) is 59.2 Å². The number of carbonyl (C=O) groups excluding carboxylic acids is 2.